The van der Waals surface area contributed by atoms with Gasteiger partial charge in [-0.2, -0.15) is 0 Å². The summed E-state index contributed by atoms with van der Waals surface area (Å²) < 4.78 is 0. The third-order valence-corrected chi connectivity index (χ3v) is 0.492. The van der Waals surface area contributed by atoms with Crippen molar-refractivity contribution in [3.05, 3.63) is 18.2 Å². The lowest BCUT2D eigenvalue weighted by molar-refractivity contribution is 1.48. The average molecular weight is 95.1 g/mol. The maximum Gasteiger partial charge on any atom is 0.0372 e. The summed E-state index contributed by atoms with van der Waals surface area (Å²) in [6, 6.07) is 0. The predicted molar refractivity (Wildman–Crippen MR) is 32.7 cm³/mol. The lowest BCUT2D eigenvalue weighted by Crippen LogP contribution is -1.48. The summed E-state index contributed by atoms with van der Waals surface area (Å²) in [5.41, 5.74) is 0. The predicted octanol–water partition coefficient (Wildman–Crippen LogP) is 1.42. The van der Waals surface area contributed by atoms with Crippen molar-refractivity contribution < 1.29 is 0 Å². The van der Waals surface area contributed by atoms with E-state index in [1.165, 1.54) is 0 Å². The second kappa shape index (κ2) is 5.19. The van der Waals surface area contributed by atoms with Gasteiger partial charge >= 0.3 is 0 Å². The van der Waals surface area contributed by atoms with E-state index in [-0.39, 0.29) is 0 Å². The molecule has 1 heteroatoms. The van der Waals surface area contributed by atoms with Crippen LogP contribution in [-0.4, -0.2) is 12.9 Å². The highest BCUT2D eigenvalue weighted by molar-refractivity contribution is 5.54. The molecule has 38 valence electrons. The van der Waals surface area contributed by atoms with Crippen molar-refractivity contribution in [2.75, 3.05) is 7.05 Å². The van der Waals surface area contributed by atoms with E-state index in [4.69, 9.17) is 0 Å². The monoisotopic (exact) mass is 95.1 g/mol. The fraction of sp³-hybridized carbons (Fsp3) is 0.333. The highest BCUT2D eigenvalue weighted by Gasteiger charge is 1.49. The molecule has 0 aromatic heterocycles. The van der Waals surface area contributed by atoms with E-state index in [9.17, 15) is 0 Å². The molecule has 0 saturated carbocycles. The minimum atomic E-state index is 1.69. The summed E-state index contributed by atoms with van der Waals surface area (Å²) in [5.74, 6) is 2.66. The van der Waals surface area contributed by atoms with Gasteiger partial charge in [-0.25, -0.2) is 4.99 Å². The van der Waals surface area contributed by atoms with Crippen LogP contribution >= 0.6 is 0 Å². The molecule has 0 aromatic carbocycles. The Morgan fingerprint density at radius 1 is 1.57 bits per heavy atom. The minimum Gasteiger partial charge on any atom is -0.246 e. The largest absolute Gasteiger partial charge is 0.246 e. The Morgan fingerprint density at radius 2 is 2.29 bits per heavy atom. The Labute approximate surface area is 44.1 Å². The third-order valence-electron chi connectivity index (χ3n) is 0.492. The van der Waals surface area contributed by atoms with Crippen LogP contribution in [0.25, 0.3) is 0 Å². The molecular weight excluding hydrogens is 86.1 g/mol. The fourth-order valence-electron chi connectivity index (χ4n) is 0.214. The van der Waals surface area contributed by atoms with E-state index in [2.05, 4.69) is 10.9 Å². The number of rotatable bonds is 1. The summed E-state index contributed by atoms with van der Waals surface area (Å²) in [4.78, 5) is 3.62. The molecule has 0 amide bonds. The van der Waals surface area contributed by atoms with Crippen LogP contribution in [0.2, 0.25) is 0 Å². The molecule has 0 saturated heterocycles. The number of nitrogens with zero attached hydrogens (tertiary/aromatic N) is 1. The lowest BCUT2D eigenvalue weighted by atomic mass is 10.5. The Morgan fingerprint density at radius 3 is 2.71 bits per heavy atom. The molecule has 0 bridgehead atoms. The van der Waals surface area contributed by atoms with Crippen LogP contribution in [-0.2, 0) is 0 Å². The molecule has 1 nitrogen and oxygen atoms in total. The van der Waals surface area contributed by atoms with E-state index in [0.717, 1.165) is 0 Å². The first-order chi connectivity index (χ1) is 3.41. The van der Waals surface area contributed by atoms with Crippen molar-refractivity contribution in [3.63, 3.8) is 0 Å². The van der Waals surface area contributed by atoms with E-state index in [0.29, 0.717) is 0 Å². The van der Waals surface area contributed by atoms with Crippen molar-refractivity contribution in [3.8, 4) is 0 Å². The maximum atomic E-state index is 3.62. The molecule has 0 N–H and O–H groups in total. The summed E-state index contributed by atoms with van der Waals surface area (Å²) in [5, 5.41) is 0. The van der Waals surface area contributed by atoms with Gasteiger partial charge in [-0.3, -0.25) is 0 Å². The zero-order valence-corrected chi connectivity index (χ0v) is 4.68. The second-order valence-electron chi connectivity index (χ2n) is 1.05. The quantitative estimate of drug-likeness (QED) is 0.345. The maximum absolute atomic E-state index is 3.62. The second-order valence-corrected chi connectivity index (χ2v) is 1.05. The SMILES string of the molecule is CC=CC=C=NC. The Balaban J connectivity index is 3.48. The Hall–Kier alpha value is -0.810. The standard InChI is InChI=1S/C6H9N/c1-3-4-5-6-7-2/h3-5H,1-2H3. The van der Waals surface area contributed by atoms with E-state index >= 15 is 0 Å². The molecule has 0 fully saturated rings. The van der Waals surface area contributed by atoms with Gasteiger partial charge in [-0.1, -0.05) is 12.2 Å². The number of hydrogen-bond donors (Lipinski definition) is 0. The normalized spacial score (nSPS) is 8.29. The lowest BCUT2D eigenvalue weighted by Gasteiger charge is -1.60. The van der Waals surface area contributed by atoms with E-state index in [1.54, 1.807) is 13.1 Å². The molecule has 0 aliphatic rings. The van der Waals surface area contributed by atoms with Crippen molar-refractivity contribution in [2.45, 2.75) is 6.92 Å². The van der Waals surface area contributed by atoms with Gasteiger partial charge in [0.2, 0.25) is 0 Å². The molecule has 0 rings (SSSR count). The van der Waals surface area contributed by atoms with Gasteiger partial charge < -0.3 is 0 Å². The summed E-state index contributed by atoms with van der Waals surface area (Å²) in [7, 11) is 1.69. The van der Waals surface area contributed by atoms with Crippen molar-refractivity contribution in [1.82, 2.24) is 0 Å². The zero-order chi connectivity index (χ0) is 5.54. The number of hydrogen-bond acceptors (Lipinski definition) is 1. The van der Waals surface area contributed by atoms with Crippen LogP contribution in [0.4, 0.5) is 0 Å². The van der Waals surface area contributed by atoms with Crippen LogP contribution in [0.5, 0.6) is 0 Å². The average Bonchev–Trinajstić information content (AvgIpc) is 1.69. The smallest absolute Gasteiger partial charge is 0.0372 e. The van der Waals surface area contributed by atoms with Gasteiger partial charge in [0, 0.05) is 7.05 Å². The molecule has 7 heavy (non-hydrogen) atoms. The molecule has 0 aromatic rings. The Kier molecular flexibility index (Phi) is 4.59. The first kappa shape index (κ1) is 6.19. The Bertz CT molecular complexity index is 105. The fourth-order valence-corrected chi connectivity index (χ4v) is 0.214. The summed E-state index contributed by atoms with van der Waals surface area (Å²) in [6.45, 7) is 1.95. The van der Waals surface area contributed by atoms with Gasteiger partial charge in [0.05, 0.1) is 0 Å². The molecule has 0 unspecified atom stereocenters. The van der Waals surface area contributed by atoms with Crippen LogP contribution in [0.15, 0.2) is 23.2 Å². The van der Waals surface area contributed by atoms with E-state index in [1.807, 2.05) is 19.1 Å². The van der Waals surface area contributed by atoms with Crippen molar-refractivity contribution >= 4 is 5.87 Å². The van der Waals surface area contributed by atoms with Crippen molar-refractivity contribution in [1.29, 1.82) is 0 Å². The summed E-state index contributed by atoms with van der Waals surface area (Å²) in [6.07, 6.45) is 5.57. The third kappa shape index (κ3) is 5.19. The van der Waals surface area contributed by atoms with Crippen molar-refractivity contribution in [2.24, 2.45) is 4.99 Å². The van der Waals surface area contributed by atoms with Crippen LogP contribution in [0.1, 0.15) is 6.92 Å². The molecule has 0 spiro atoms. The highest BCUT2D eigenvalue weighted by atomic mass is 14.6. The summed E-state index contributed by atoms with van der Waals surface area (Å²) >= 11 is 0. The van der Waals surface area contributed by atoms with Gasteiger partial charge in [-0.15, -0.1) is 0 Å². The van der Waals surface area contributed by atoms with Gasteiger partial charge in [0.1, 0.15) is 0 Å². The highest BCUT2D eigenvalue weighted by Crippen LogP contribution is 1.65. The molecule has 0 aliphatic heterocycles. The minimum absolute atomic E-state index is 1.69. The molecule has 0 aliphatic carbocycles. The first-order valence-corrected chi connectivity index (χ1v) is 2.20. The van der Waals surface area contributed by atoms with Crippen LogP contribution in [0, 0.1) is 0 Å². The van der Waals surface area contributed by atoms with Crippen LogP contribution < -0.4 is 0 Å². The van der Waals surface area contributed by atoms with Gasteiger partial charge in [0.15, 0.2) is 0 Å². The van der Waals surface area contributed by atoms with Gasteiger partial charge in [-0.05, 0) is 18.9 Å². The first-order valence-electron chi connectivity index (χ1n) is 2.20. The number of allylic oxidation sites excluding steroid dienone is 3. The topological polar surface area (TPSA) is 12.4 Å². The molecule has 0 heterocycles. The van der Waals surface area contributed by atoms with E-state index < -0.39 is 0 Å². The zero-order valence-electron chi connectivity index (χ0n) is 4.68. The number of aliphatic imine (C=N–C) groups is 1. The molecule has 0 radical (unpaired) electrons. The van der Waals surface area contributed by atoms with Gasteiger partial charge in [0.25, 0.3) is 0 Å². The molecular formula is C6H9N. The van der Waals surface area contributed by atoms with Crippen LogP contribution in [0.3, 0.4) is 0 Å². The molecule has 0 atom stereocenters.